The lowest BCUT2D eigenvalue weighted by atomic mass is 10.1. The van der Waals surface area contributed by atoms with Crippen LogP contribution in [0.1, 0.15) is 11.1 Å². The molecule has 0 aliphatic carbocycles. The molecule has 4 heteroatoms. The highest BCUT2D eigenvalue weighted by Gasteiger charge is 2.07. The van der Waals surface area contributed by atoms with Crippen molar-refractivity contribution in [3.05, 3.63) is 71.7 Å². The van der Waals surface area contributed by atoms with E-state index in [2.05, 4.69) is 11.0 Å². The number of fused-ring (bicyclic) bond motifs is 1. The number of methoxy groups -OCH3 is 1. The van der Waals surface area contributed by atoms with Gasteiger partial charge in [0.2, 0.25) is 0 Å². The zero-order chi connectivity index (χ0) is 16.9. The van der Waals surface area contributed by atoms with Crippen molar-refractivity contribution < 1.29 is 13.5 Å². The maximum absolute atomic E-state index is 13.7. The van der Waals surface area contributed by atoms with Crippen LogP contribution < -0.4 is 4.74 Å². The molecule has 3 aromatic rings. The standard InChI is InChI=1S/C20H20FNO2/c1-22(13-16-14-24-19-8-4-3-7-17(16)19)11-5-6-15-9-10-20(23-2)18(21)12-15/h3-10,12,14H,11,13H2,1-2H3. The van der Waals surface area contributed by atoms with E-state index >= 15 is 0 Å². The maximum Gasteiger partial charge on any atom is 0.165 e. The van der Waals surface area contributed by atoms with E-state index in [1.807, 2.05) is 49.7 Å². The average Bonchev–Trinajstić information content (AvgIpc) is 2.98. The van der Waals surface area contributed by atoms with Crippen molar-refractivity contribution in [2.24, 2.45) is 0 Å². The third-order valence-corrected chi connectivity index (χ3v) is 3.90. The molecule has 124 valence electrons. The lowest BCUT2D eigenvalue weighted by Gasteiger charge is -2.13. The minimum atomic E-state index is -0.349. The molecule has 0 aliphatic heterocycles. The Hall–Kier alpha value is -2.59. The van der Waals surface area contributed by atoms with Gasteiger partial charge in [0.1, 0.15) is 5.58 Å². The molecule has 0 N–H and O–H groups in total. The Morgan fingerprint density at radius 1 is 1.21 bits per heavy atom. The number of halogens is 1. The summed E-state index contributed by atoms with van der Waals surface area (Å²) in [6.07, 6.45) is 5.74. The molecule has 0 saturated carbocycles. The van der Waals surface area contributed by atoms with Gasteiger partial charge in [-0.1, -0.05) is 36.4 Å². The van der Waals surface area contributed by atoms with Crippen LogP contribution >= 0.6 is 0 Å². The van der Waals surface area contributed by atoms with E-state index < -0.39 is 0 Å². The van der Waals surface area contributed by atoms with Crippen LogP contribution in [0.3, 0.4) is 0 Å². The first kappa shape index (κ1) is 16.3. The Morgan fingerprint density at radius 2 is 2.04 bits per heavy atom. The minimum Gasteiger partial charge on any atom is -0.494 e. The quantitative estimate of drug-likeness (QED) is 0.655. The fourth-order valence-electron chi connectivity index (χ4n) is 2.67. The summed E-state index contributed by atoms with van der Waals surface area (Å²) in [6, 6.07) is 13.0. The molecule has 0 fully saturated rings. The number of hydrogen-bond acceptors (Lipinski definition) is 3. The third-order valence-electron chi connectivity index (χ3n) is 3.90. The van der Waals surface area contributed by atoms with Crippen LogP contribution in [0.4, 0.5) is 4.39 Å². The summed E-state index contributed by atoms with van der Waals surface area (Å²) in [6.45, 7) is 1.55. The average molecular weight is 325 g/mol. The number of ether oxygens (including phenoxy) is 1. The van der Waals surface area contributed by atoms with Crippen molar-refractivity contribution >= 4 is 17.0 Å². The summed E-state index contributed by atoms with van der Waals surface area (Å²) in [4.78, 5) is 2.17. The minimum absolute atomic E-state index is 0.260. The molecule has 1 aromatic heterocycles. The van der Waals surface area contributed by atoms with E-state index in [9.17, 15) is 4.39 Å². The zero-order valence-electron chi connectivity index (χ0n) is 13.8. The lowest BCUT2D eigenvalue weighted by molar-refractivity contribution is 0.363. The molecule has 3 nitrogen and oxygen atoms in total. The van der Waals surface area contributed by atoms with Crippen LogP contribution in [0.5, 0.6) is 5.75 Å². The highest BCUT2D eigenvalue weighted by molar-refractivity contribution is 5.80. The molecule has 2 aromatic carbocycles. The van der Waals surface area contributed by atoms with Crippen molar-refractivity contribution in [3.8, 4) is 5.75 Å². The Labute approximate surface area is 141 Å². The van der Waals surface area contributed by atoms with Crippen LogP contribution in [0, 0.1) is 5.82 Å². The second kappa shape index (κ2) is 7.32. The number of rotatable bonds is 6. The van der Waals surface area contributed by atoms with E-state index in [1.54, 1.807) is 6.07 Å². The van der Waals surface area contributed by atoms with Crippen LogP contribution in [0.25, 0.3) is 17.0 Å². The highest BCUT2D eigenvalue weighted by atomic mass is 19.1. The Balaban J connectivity index is 1.61. The second-order valence-electron chi connectivity index (χ2n) is 5.75. The topological polar surface area (TPSA) is 25.6 Å². The van der Waals surface area contributed by atoms with E-state index in [4.69, 9.17) is 9.15 Å². The summed E-state index contributed by atoms with van der Waals surface area (Å²) in [7, 11) is 3.50. The number of nitrogens with zero attached hydrogens (tertiary/aromatic N) is 1. The first-order valence-electron chi connectivity index (χ1n) is 7.81. The third kappa shape index (κ3) is 3.66. The van der Waals surface area contributed by atoms with E-state index in [0.717, 1.165) is 35.2 Å². The molecular weight excluding hydrogens is 305 g/mol. The number of likely N-dealkylation sites (N-methyl/N-ethyl adjacent to an activating group) is 1. The lowest BCUT2D eigenvalue weighted by Crippen LogP contribution is -2.17. The van der Waals surface area contributed by atoms with Gasteiger partial charge in [-0.3, -0.25) is 4.90 Å². The smallest absolute Gasteiger partial charge is 0.165 e. The molecule has 0 spiro atoms. The van der Waals surface area contributed by atoms with Gasteiger partial charge in [0.15, 0.2) is 11.6 Å². The Kier molecular flexibility index (Phi) is 4.96. The van der Waals surface area contributed by atoms with Crippen LogP contribution in [0.2, 0.25) is 0 Å². The van der Waals surface area contributed by atoms with Gasteiger partial charge in [0.05, 0.1) is 13.4 Å². The predicted octanol–water partition coefficient (Wildman–Crippen LogP) is 4.73. The van der Waals surface area contributed by atoms with Gasteiger partial charge in [-0.25, -0.2) is 4.39 Å². The molecule has 0 amide bonds. The van der Waals surface area contributed by atoms with Gasteiger partial charge in [-0.05, 0) is 30.8 Å². The Bertz CT molecular complexity index is 854. The molecule has 0 bridgehead atoms. The fourth-order valence-corrected chi connectivity index (χ4v) is 2.67. The number of benzene rings is 2. The van der Waals surface area contributed by atoms with E-state index in [1.165, 1.54) is 13.2 Å². The molecular formula is C20H20FNO2. The van der Waals surface area contributed by atoms with Crippen molar-refractivity contribution in [3.63, 3.8) is 0 Å². The summed E-state index contributed by atoms with van der Waals surface area (Å²) in [5.74, 6) is -0.0889. The van der Waals surface area contributed by atoms with Gasteiger partial charge < -0.3 is 9.15 Å². The molecule has 0 unspecified atom stereocenters. The number of furan rings is 1. The molecule has 0 radical (unpaired) electrons. The molecule has 3 rings (SSSR count). The number of hydrogen-bond donors (Lipinski definition) is 0. The summed E-state index contributed by atoms with van der Waals surface area (Å²) in [5.41, 5.74) is 2.89. The first-order valence-corrected chi connectivity index (χ1v) is 7.81. The summed E-state index contributed by atoms with van der Waals surface area (Å²) >= 11 is 0. The van der Waals surface area contributed by atoms with Crippen molar-refractivity contribution in [2.75, 3.05) is 20.7 Å². The fraction of sp³-hybridized carbons (Fsp3) is 0.200. The van der Waals surface area contributed by atoms with Crippen LogP contribution in [-0.4, -0.2) is 25.6 Å². The molecule has 0 saturated heterocycles. The van der Waals surface area contributed by atoms with Gasteiger partial charge in [-0.2, -0.15) is 0 Å². The molecule has 1 heterocycles. The highest BCUT2D eigenvalue weighted by Crippen LogP contribution is 2.22. The van der Waals surface area contributed by atoms with E-state index in [-0.39, 0.29) is 11.6 Å². The van der Waals surface area contributed by atoms with Crippen molar-refractivity contribution in [1.82, 2.24) is 4.90 Å². The van der Waals surface area contributed by atoms with Crippen LogP contribution in [-0.2, 0) is 6.54 Å². The molecule has 0 aliphatic rings. The second-order valence-corrected chi connectivity index (χ2v) is 5.75. The van der Waals surface area contributed by atoms with Crippen LogP contribution in [0.15, 0.2) is 59.2 Å². The first-order chi connectivity index (χ1) is 11.7. The zero-order valence-corrected chi connectivity index (χ0v) is 13.8. The summed E-state index contributed by atoms with van der Waals surface area (Å²) < 4.78 is 24.1. The summed E-state index contributed by atoms with van der Waals surface area (Å²) in [5, 5.41) is 1.14. The normalized spacial score (nSPS) is 11.7. The Morgan fingerprint density at radius 3 is 2.83 bits per heavy atom. The van der Waals surface area contributed by atoms with Crippen molar-refractivity contribution in [1.29, 1.82) is 0 Å². The van der Waals surface area contributed by atoms with Gasteiger partial charge in [0, 0.05) is 24.0 Å². The van der Waals surface area contributed by atoms with E-state index in [0.29, 0.717) is 0 Å². The maximum atomic E-state index is 13.7. The monoisotopic (exact) mass is 325 g/mol. The van der Waals surface area contributed by atoms with Crippen molar-refractivity contribution in [2.45, 2.75) is 6.54 Å². The number of para-hydroxylation sites is 1. The SMILES string of the molecule is COc1ccc(C=CCN(C)Cc2coc3ccccc23)cc1F. The van der Waals surface area contributed by atoms with Gasteiger partial charge >= 0.3 is 0 Å². The van der Waals surface area contributed by atoms with Gasteiger partial charge in [0.25, 0.3) is 0 Å². The predicted molar refractivity (Wildman–Crippen MR) is 94.5 cm³/mol. The molecule has 24 heavy (non-hydrogen) atoms. The largest absolute Gasteiger partial charge is 0.494 e. The molecule has 0 atom stereocenters. The van der Waals surface area contributed by atoms with Gasteiger partial charge in [-0.15, -0.1) is 0 Å².